The lowest BCUT2D eigenvalue weighted by Gasteiger charge is -2.07. The second-order valence-electron chi connectivity index (χ2n) is 4.84. The number of carbonyl (C=O) groups excluding carboxylic acids is 2. The fraction of sp³-hybridized carbons (Fsp3) is 0. The summed E-state index contributed by atoms with van der Waals surface area (Å²) < 4.78 is 0. The highest BCUT2D eigenvalue weighted by Crippen LogP contribution is 2.23. The van der Waals surface area contributed by atoms with Crippen LogP contribution in [-0.2, 0) is 0 Å². The molecular weight excluding hydrogens is 328 g/mol. The van der Waals surface area contributed by atoms with E-state index < -0.39 is 11.8 Å². The zero-order chi connectivity index (χ0) is 17.1. The quantitative estimate of drug-likeness (QED) is 0.671. The van der Waals surface area contributed by atoms with Gasteiger partial charge in [0.15, 0.2) is 0 Å². The lowest BCUT2D eigenvalue weighted by molar-refractivity contribution is 0.100. The molecule has 4 N–H and O–H groups in total. The Balaban J connectivity index is 1.83. The highest BCUT2D eigenvalue weighted by atomic mass is 32.1. The van der Waals surface area contributed by atoms with Crippen molar-refractivity contribution in [1.82, 2.24) is 9.97 Å². The van der Waals surface area contributed by atoms with Gasteiger partial charge in [0.2, 0.25) is 5.56 Å². The Morgan fingerprint density at radius 3 is 2.67 bits per heavy atom. The number of benzene rings is 1. The van der Waals surface area contributed by atoms with Crippen LogP contribution in [0.4, 0.5) is 5.69 Å². The Hall–Kier alpha value is -3.26. The third-order valence-corrected chi connectivity index (χ3v) is 4.10. The molecule has 8 heteroatoms. The van der Waals surface area contributed by atoms with Crippen molar-refractivity contribution < 1.29 is 9.59 Å². The first-order valence-corrected chi connectivity index (χ1v) is 7.77. The van der Waals surface area contributed by atoms with Crippen molar-refractivity contribution in [1.29, 1.82) is 0 Å². The first kappa shape index (κ1) is 15.6. The van der Waals surface area contributed by atoms with Gasteiger partial charge < -0.3 is 16.0 Å². The number of rotatable bonds is 4. The molecule has 0 bridgehead atoms. The third-order valence-electron chi connectivity index (χ3n) is 3.21. The number of aromatic nitrogens is 2. The van der Waals surface area contributed by atoms with E-state index in [2.05, 4.69) is 15.3 Å². The predicted octanol–water partition coefficient (Wildman–Crippen LogP) is 1.85. The van der Waals surface area contributed by atoms with Crippen LogP contribution in [0.3, 0.4) is 0 Å². The van der Waals surface area contributed by atoms with Gasteiger partial charge in [-0.1, -0.05) is 12.1 Å². The van der Waals surface area contributed by atoms with Crippen LogP contribution in [0.1, 0.15) is 20.8 Å². The molecule has 0 fully saturated rings. The van der Waals surface area contributed by atoms with Gasteiger partial charge in [-0.25, -0.2) is 4.98 Å². The molecule has 0 radical (unpaired) electrons. The van der Waals surface area contributed by atoms with E-state index in [-0.39, 0.29) is 16.8 Å². The van der Waals surface area contributed by atoms with Gasteiger partial charge in [0.25, 0.3) is 11.8 Å². The Morgan fingerprint density at radius 1 is 1.17 bits per heavy atom. The SMILES string of the molecule is NC(=O)c1ccccc1NC(=O)c1csc(-c2ccc(=O)[nH]c2)n1. The highest BCUT2D eigenvalue weighted by Gasteiger charge is 2.15. The number of nitrogens with one attached hydrogen (secondary N) is 2. The topological polar surface area (TPSA) is 118 Å². The number of primary amides is 1. The van der Waals surface area contributed by atoms with Crippen LogP contribution < -0.4 is 16.6 Å². The van der Waals surface area contributed by atoms with Crippen LogP contribution in [0.5, 0.6) is 0 Å². The number of hydrogen-bond donors (Lipinski definition) is 3. The van der Waals surface area contributed by atoms with Crippen molar-refractivity contribution in [2.75, 3.05) is 5.32 Å². The Labute approximate surface area is 140 Å². The summed E-state index contributed by atoms with van der Waals surface area (Å²) >= 11 is 1.27. The summed E-state index contributed by atoms with van der Waals surface area (Å²) in [5.41, 5.74) is 6.54. The van der Waals surface area contributed by atoms with Gasteiger partial charge in [0.1, 0.15) is 10.7 Å². The number of nitrogens with two attached hydrogens (primary N) is 1. The number of anilines is 1. The van der Waals surface area contributed by atoms with Crippen molar-refractivity contribution in [2.24, 2.45) is 5.73 Å². The normalized spacial score (nSPS) is 10.3. The number of para-hydroxylation sites is 1. The Kier molecular flexibility index (Phi) is 4.21. The van der Waals surface area contributed by atoms with E-state index in [9.17, 15) is 14.4 Å². The number of thiazole rings is 1. The Bertz CT molecular complexity index is 957. The molecule has 24 heavy (non-hydrogen) atoms. The first-order chi connectivity index (χ1) is 11.5. The summed E-state index contributed by atoms with van der Waals surface area (Å²) in [6, 6.07) is 9.49. The average molecular weight is 340 g/mol. The number of carbonyl (C=O) groups is 2. The van der Waals surface area contributed by atoms with Crippen LogP contribution in [-0.4, -0.2) is 21.8 Å². The van der Waals surface area contributed by atoms with Gasteiger partial charge in [0.05, 0.1) is 11.3 Å². The lowest BCUT2D eigenvalue weighted by Crippen LogP contribution is -2.18. The van der Waals surface area contributed by atoms with E-state index in [1.54, 1.807) is 29.6 Å². The fourth-order valence-corrected chi connectivity index (χ4v) is 2.84. The smallest absolute Gasteiger partial charge is 0.275 e. The molecular formula is C16H12N4O3S. The molecule has 3 aromatic rings. The van der Waals surface area contributed by atoms with Crippen molar-refractivity contribution in [2.45, 2.75) is 0 Å². The maximum absolute atomic E-state index is 12.3. The number of aromatic amines is 1. The zero-order valence-electron chi connectivity index (χ0n) is 12.3. The molecule has 7 nitrogen and oxygen atoms in total. The molecule has 0 aliphatic heterocycles. The summed E-state index contributed by atoms with van der Waals surface area (Å²) in [6.07, 6.45) is 1.53. The molecule has 0 aliphatic carbocycles. The Morgan fingerprint density at radius 2 is 1.96 bits per heavy atom. The van der Waals surface area contributed by atoms with E-state index in [1.807, 2.05) is 0 Å². The maximum Gasteiger partial charge on any atom is 0.275 e. The molecule has 0 atom stereocenters. The maximum atomic E-state index is 12.3. The summed E-state index contributed by atoms with van der Waals surface area (Å²) in [5, 5.41) is 4.83. The number of hydrogen-bond acceptors (Lipinski definition) is 5. The van der Waals surface area contributed by atoms with Gasteiger partial charge >= 0.3 is 0 Å². The van der Waals surface area contributed by atoms with Crippen LogP contribution in [0, 0.1) is 0 Å². The number of pyridine rings is 1. The second kappa shape index (κ2) is 6.47. The predicted molar refractivity (Wildman–Crippen MR) is 91.1 cm³/mol. The molecule has 0 aliphatic rings. The summed E-state index contributed by atoms with van der Waals surface area (Å²) in [6.45, 7) is 0. The van der Waals surface area contributed by atoms with Crippen molar-refractivity contribution >= 4 is 28.8 Å². The van der Waals surface area contributed by atoms with E-state index in [0.29, 0.717) is 16.3 Å². The van der Waals surface area contributed by atoms with Crippen molar-refractivity contribution in [3.8, 4) is 10.6 Å². The minimum atomic E-state index is -0.627. The molecule has 0 saturated heterocycles. The van der Waals surface area contributed by atoms with Crippen LogP contribution >= 0.6 is 11.3 Å². The highest BCUT2D eigenvalue weighted by molar-refractivity contribution is 7.13. The van der Waals surface area contributed by atoms with Crippen molar-refractivity contribution in [3.05, 3.63) is 69.6 Å². The van der Waals surface area contributed by atoms with Crippen LogP contribution in [0.15, 0.2) is 52.8 Å². The molecule has 3 rings (SSSR count). The number of H-pyrrole nitrogens is 1. The average Bonchev–Trinajstić information content (AvgIpc) is 3.06. The fourth-order valence-electron chi connectivity index (χ4n) is 2.05. The standard InChI is InChI=1S/C16H12N4O3S/c17-14(22)10-3-1-2-4-11(10)19-15(23)12-8-24-16(20-12)9-5-6-13(21)18-7-9/h1-8H,(H2,17,22)(H,18,21)(H,19,23). The molecule has 0 saturated carbocycles. The minimum absolute atomic E-state index is 0.209. The number of nitrogens with zero attached hydrogens (tertiary/aromatic N) is 1. The third kappa shape index (κ3) is 3.23. The molecule has 0 spiro atoms. The molecule has 2 aromatic heterocycles. The van der Waals surface area contributed by atoms with Gasteiger partial charge in [-0.05, 0) is 18.2 Å². The minimum Gasteiger partial charge on any atom is -0.366 e. The summed E-state index contributed by atoms with van der Waals surface area (Å²) in [5.74, 6) is -1.08. The lowest BCUT2D eigenvalue weighted by atomic mass is 10.1. The van der Waals surface area contributed by atoms with E-state index in [4.69, 9.17) is 5.73 Å². The monoisotopic (exact) mass is 340 g/mol. The van der Waals surface area contributed by atoms with E-state index in [0.717, 1.165) is 0 Å². The van der Waals surface area contributed by atoms with Crippen LogP contribution in [0.25, 0.3) is 10.6 Å². The number of amides is 2. The van der Waals surface area contributed by atoms with Crippen LogP contribution in [0.2, 0.25) is 0 Å². The summed E-state index contributed by atoms with van der Waals surface area (Å²) in [4.78, 5) is 41.6. The van der Waals surface area contributed by atoms with Gasteiger partial charge in [-0.3, -0.25) is 14.4 Å². The molecule has 0 unspecified atom stereocenters. The van der Waals surface area contributed by atoms with Gasteiger partial charge in [-0.15, -0.1) is 11.3 Å². The first-order valence-electron chi connectivity index (χ1n) is 6.89. The largest absolute Gasteiger partial charge is 0.366 e. The molecule has 120 valence electrons. The molecule has 1 aromatic carbocycles. The van der Waals surface area contributed by atoms with Gasteiger partial charge in [0, 0.05) is 23.2 Å². The summed E-state index contributed by atoms with van der Waals surface area (Å²) in [7, 11) is 0. The molecule has 2 heterocycles. The second-order valence-corrected chi connectivity index (χ2v) is 5.70. The zero-order valence-corrected chi connectivity index (χ0v) is 13.1. The van der Waals surface area contributed by atoms with E-state index >= 15 is 0 Å². The molecule has 2 amide bonds. The van der Waals surface area contributed by atoms with Crippen molar-refractivity contribution in [3.63, 3.8) is 0 Å². The van der Waals surface area contributed by atoms with Gasteiger partial charge in [-0.2, -0.15) is 0 Å². The van der Waals surface area contributed by atoms with E-state index in [1.165, 1.54) is 29.7 Å².